The summed E-state index contributed by atoms with van der Waals surface area (Å²) >= 11 is 0. The van der Waals surface area contributed by atoms with E-state index in [9.17, 15) is 8.42 Å². The standard InChI is InChI=1S/C13H15NO2S/c14-9-13-6-2-1-5-12(13)8-11-4-3-7-17(15,16)10-11/h1-2,5-6,11H,3-4,7-8,10H2/t11-/m1/s1. The van der Waals surface area contributed by atoms with Gasteiger partial charge in [-0.15, -0.1) is 0 Å². The second kappa shape index (κ2) is 4.89. The zero-order valence-electron chi connectivity index (χ0n) is 9.59. The Labute approximate surface area is 102 Å². The Morgan fingerprint density at radius 3 is 2.82 bits per heavy atom. The average molecular weight is 249 g/mol. The molecule has 17 heavy (non-hydrogen) atoms. The molecule has 0 aromatic heterocycles. The first-order valence-electron chi connectivity index (χ1n) is 5.79. The molecule has 0 bridgehead atoms. The van der Waals surface area contributed by atoms with E-state index in [1.165, 1.54) is 0 Å². The molecule has 1 aliphatic heterocycles. The van der Waals surface area contributed by atoms with Gasteiger partial charge in [-0.3, -0.25) is 0 Å². The van der Waals surface area contributed by atoms with Crippen LogP contribution in [0.3, 0.4) is 0 Å². The van der Waals surface area contributed by atoms with Gasteiger partial charge in [0.15, 0.2) is 9.84 Å². The fourth-order valence-electron chi connectivity index (χ4n) is 2.40. The van der Waals surface area contributed by atoms with Gasteiger partial charge in [0.05, 0.1) is 23.1 Å². The lowest BCUT2D eigenvalue weighted by molar-refractivity contribution is 0.483. The van der Waals surface area contributed by atoms with E-state index in [2.05, 4.69) is 6.07 Å². The molecule has 4 heteroatoms. The maximum Gasteiger partial charge on any atom is 0.150 e. The lowest BCUT2D eigenvalue weighted by Crippen LogP contribution is -2.26. The van der Waals surface area contributed by atoms with Crippen LogP contribution in [0.4, 0.5) is 0 Å². The molecule has 0 N–H and O–H groups in total. The van der Waals surface area contributed by atoms with E-state index in [-0.39, 0.29) is 11.7 Å². The van der Waals surface area contributed by atoms with Gasteiger partial charge >= 0.3 is 0 Å². The molecule has 0 aliphatic carbocycles. The van der Waals surface area contributed by atoms with Crippen molar-refractivity contribution in [2.75, 3.05) is 11.5 Å². The molecule has 3 nitrogen and oxygen atoms in total. The van der Waals surface area contributed by atoms with Crippen molar-refractivity contribution in [3.63, 3.8) is 0 Å². The molecule has 1 heterocycles. The minimum Gasteiger partial charge on any atom is -0.229 e. The number of hydrogen-bond donors (Lipinski definition) is 0. The van der Waals surface area contributed by atoms with Gasteiger partial charge in [-0.1, -0.05) is 18.2 Å². The highest BCUT2D eigenvalue weighted by Crippen LogP contribution is 2.23. The molecule has 1 aromatic rings. The van der Waals surface area contributed by atoms with Crippen molar-refractivity contribution in [1.82, 2.24) is 0 Å². The van der Waals surface area contributed by atoms with Crippen LogP contribution in [0.25, 0.3) is 0 Å². The molecule has 2 rings (SSSR count). The van der Waals surface area contributed by atoms with Crippen molar-refractivity contribution in [2.24, 2.45) is 5.92 Å². The Kier molecular flexibility index (Phi) is 3.49. The first-order valence-corrected chi connectivity index (χ1v) is 7.61. The Hall–Kier alpha value is -1.34. The van der Waals surface area contributed by atoms with Crippen LogP contribution in [0, 0.1) is 17.2 Å². The molecular formula is C13H15NO2S. The van der Waals surface area contributed by atoms with Gasteiger partial charge in [-0.2, -0.15) is 5.26 Å². The molecule has 90 valence electrons. The number of rotatable bonds is 2. The van der Waals surface area contributed by atoms with Gasteiger partial charge in [-0.05, 0) is 36.8 Å². The third-order valence-electron chi connectivity index (χ3n) is 3.20. The summed E-state index contributed by atoms with van der Waals surface area (Å²) in [5.74, 6) is 0.763. The van der Waals surface area contributed by atoms with Crippen molar-refractivity contribution in [2.45, 2.75) is 19.3 Å². The van der Waals surface area contributed by atoms with Crippen LogP contribution in [-0.2, 0) is 16.3 Å². The summed E-state index contributed by atoms with van der Waals surface area (Å²) in [7, 11) is -2.85. The van der Waals surface area contributed by atoms with E-state index in [1.807, 2.05) is 18.2 Å². The molecule has 1 aromatic carbocycles. The predicted octanol–water partition coefficient (Wildman–Crippen LogP) is 1.93. The highest BCUT2D eigenvalue weighted by atomic mass is 32.2. The molecular weight excluding hydrogens is 234 g/mol. The van der Waals surface area contributed by atoms with Gasteiger partial charge in [0.25, 0.3) is 0 Å². The Balaban J connectivity index is 2.14. The summed E-state index contributed by atoms with van der Waals surface area (Å²) in [5.41, 5.74) is 1.63. The number of nitriles is 1. The van der Waals surface area contributed by atoms with Crippen molar-refractivity contribution in [3.05, 3.63) is 35.4 Å². The third-order valence-corrected chi connectivity index (χ3v) is 5.09. The van der Waals surface area contributed by atoms with E-state index in [0.29, 0.717) is 17.7 Å². The van der Waals surface area contributed by atoms with E-state index in [4.69, 9.17) is 5.26 Å². The van der Waals surface area contributed by atoms with Gasteiger partial charge in [0, 0.05) is 0 Å². The molecule has 0 radical (unpaired) electrons. The largest absolute Gasteiger partial charge is 0.229 e. The van der Waals surface area contributed by atoms with E-state index in [0.717, 1.165) is 18.4 Å². The van der Waals surface area contributed by atoms with Crippen LogP contribution in [0.2, 0.25) is 0 Å². The lowest BCUT2D eigenvalue weighted by atomic mass is 9.94. The summed E-state index contributed by atoms with van der Waals surface area (Å²) < 4.78 is 23.1. The molecule has 0 amide bonds. The minimum atomic E-state index is -2.85. The highest BCUT2D eigenvalue weighted by Gasteiger charge is 2.25. The number of sulfone groups is 1. The maximum atomic E-state index is 11.5. The topological polar surface area (TPSA) is 57.9 Å². The van der Waals surface area contributed by atoms with Crippen LogP contribution < -0.4 is 0 Å². The molecule has 1 atom stereocenters. The minimum absolute atomic E-state index is 0.170. The third kappa shape index (κ3) is 3.07. The number of hydrogen-bond acceptors (Lipinski definition) is 3. The van der Waals surface area contributed by atoms with E-state index < -0.39 is 9.84 Å². The summed E-state index contributed by atoms with van der Waals surface area (Å²) in [6.07, 6.45) is 2.39. The van der Waals surface area contributed by atoms with Crippen LogP contribution >= 0.6 is 0 Å². The molecule has 0 spiro atoms. The molecule has 0 unspecified atom stereocenters. The first kappa shape index (κ1) is 12.1. The van der Waals surface area contributed by atoms with Crippen molar-refractivity contribution < 1.29 is 8.42 Å². The Bertz CT molecular complexity index is 543. The van der Waals surface area contributed by atoms with Crippen molar-refractivity contribution >= 4 is 9.84 Å². The quantitative estimate of drug-likeness (QED) is 0.804. The first-order chi connectivity index (χ1) is 8.11. The van der Waals surface area contributed by atoms with Crippen molar-refractivity contribution in [1.29, 1.82) is 5.26 Å². The number of nitrogens with zero attached hydrogens (tertiary/aromatic N) is 1. The monoisotopic (exact) mass is 249 g/mol. The normalized spacial score (nSPS) is 22.9. The van der Waals surface area contributed by atoms with Crippen LogP contribution in [0.5, 0.6) is 0 Å². The summed E-state index contributed by atoms with van der Waals surface area (Å²) in [6.45, 7) is 0. The second-order valence-corrected chi connectivity index (χ2v) is 6.82. The van der Waals surface area contributed by atoms with Crippen LogP contribution in [-0.4, -0.2) is 19.9 Å². The zero-order valence-corrected chi connectivity index (χ0v) is 10.4. The average Bonchev–Trinajstić information content (AvgIpc) is 2.28. The fraction of sp³-hybridized carbons (Fsp3) is 0.462. The molecule has 1 aliphatic rings. The summed E-state index contributed by atoms with van der Waals surface area (Å²) in [5, 5.41) is 8.98. The predicted molar refractivity (Wildman–Crippen MR) is 66.2 cm³/mol. The van der Waals surface area contributed by atoms with Crippen LogP contribution in [0.1, 0.15) is 24.0 Å². The maximum absolute atomic E-state index is 11.5. The van der Waals surface area contributed by atoms with Crippen molar-refractivity contribution in [3.8, 4) is 6.07 Å². The SMILES string of the molecule is N#Cc1ccccc1C[C@H]1CCCS(=O)(=O)C1. The summed E-state index contributed by atoms with van der Waals surface area (Å²) in [6, 6.07) is 9.59. The van der Waals surface area contributed by atoms with Gasteiger partial charge in [0.1, 0.15) is 0 Å². The van der Waals surface area contributed by atoms with E-state index in [1.54, 1.807) is 6.07 Å². The molecule has 1 fully saturated rings. The Morgan fingerprint density at radius 2 is 2.12 bits per heavy atom. The fourth-order valence-corrected chi connectivity index (χ4v) is 4.17. The van der Waals surface area contributed by atoms with Crippen LogP contribution in [0.15, 0.2) is 24.3 Å². The summed E-state index contributed by atoms with van der Waals surface area (Å²) in [4.78, 5) is 0. The van der Waals surface area contributed by atoms with Gasteiger partial charge in [-0.25, -0.2) is 8.42 Å². The lowest BCUT2D eigenvalue weighted by Gasteiger charge is -2.22. The molecule has 0 saturated carbocycles. The zero-order chi connectivity index (χ0) is 12.3. The van der Waals surface area contributed by atoms with E-state index >= 15 is 0 Å². The van der Waals surface area contributed by atoms with Gasteiger partial charge in [0.2, 0.25) is 0 Å². The second-order valence-electron chi connectivity index (χ2n) is 4.60. The molecule has 1 saturated heterocycles. The number of benzene rings is 1. The smallest absolute Gasteiger partial charge is 0.150 e. The van der Waals surface area contributed by atoms with Gasteiger partial charge < -0.3 is 0 Å². The highest BCUT2D eigenvalue weighted by molar-refractivity contribution is 7.91. The Morgan fingerprint density at radius 1 is 1.35 bits per heavy atom.